The van der Waals surface area contributed by atoms with E-state index in [2.05, 4.69) is 4.98 Å². The maximum absolute atomic E-state index is 11.0. The Morgan fingerprint density at radius 2 is 2.35 bits per heavy atom. The molecule has 1 atom stereocenters. The molecular weight excluding hydrogens is 278 g/mol. The van der Waals surface area contributed by atoms with Gasteiger partial charge in [-0.25, -0.2) is 4.98 Å². The lowest BCUT2D eigenvalue weighted by Crippen LogP contribution is -2.21. The summed E-state index contributed by atoms with van der Waals surface area (Å²) in [6.07, 6.45) is 2.31. The van der Waals surface area contributed by atoms with E-state index in [1.165, 1.54) is 0 Å². The number of aryl methyl sites for hydroxylation is 1. The van der Waals surface area contributed by atoms with Gasteiger partial charge in [-0.3, -0.25) is 4.79 Å². The topological polar surface area (TPSA) is 63.3 Å². The maximum Gasteiger partial charge on any atom is 0.306 e. The van der Waals surface area contributed by atoms with Gasteiger partial charge in [0.2, 0.25) is 0 Å². The minimum absolute atomic E-state index is 0.352. The molecule has 1 unspecified atom stereocenters. The third-order valence-electron chi connectivity index (χ3n) is 3.58. The van der Waals surface area contributed by atoms with Gasteiger partial charge >= 0.3 is 5.97 Å². The molecule has 1 aliphatic rings. The Morgan fingerprint density at radius 3 is 3.10 bits per heavy atom. The van der Waals surface area contributed by atoms with Crippen LogP contribution in [-0.2, 0) is 24.1 Å². The molecule has 0 saturated heterocycles. The van der Waals surface area contributed by atoms with Crippen LogP contribution in [0.3, 0.4) is 0 Å². The number of fused-ring (bicyclic) bond motifs is 1. The minimum Gasteiger partial charge on any atom is -0.481 e. The Hall–Kier alpha value is -1.81. The predicted octanol–water partition coefficient (Wildman–Crippen LogP) is 3.11. The summed E-state index contributed by atoms with van der Waals surface area (Å²) >= 11 is 5.95. The lowest BCUT2D eigenvalue weighted by molar-refractivity contribution is -0.142. The molecule has 20 heavy (non-hydrogen) atoms. The van der Waals surface area contributed by atoms with Crippen LogP contribution in [0.15, 0.2) is 28.7 Å². The largest absolute Gasteiger partial charge is 0.481 e. The van der Waals surface area contributed by atoms with Gasteiger partial charge in [-0.15, -0.1) is 0 Å². The third kappa shape index (κ3) is 2.70. The smallest absolute Gasteiger partial charge is 0.306 e. The SMILES string of the molecule is O=C(O)C1CCc2nc(Cc3cccc(Cl)c3)oc2C1. The molecule has 4 nitrogen and oxygen atoms in total. The lowest BCUT2D eigenvalue weighted by Gasteiger charge is -2.15. The van der Waals surface area contributed by atoms with Gasteiger partial charge < -0.3 is 9.52 Å². The van der Waals surface area contributed by atoms with Gasteiger partial charge in [0.25, 0.3) is 0 Å². The average Bonchev–Trinajstić information content (AvgIpc) is 2.79. The van der Waals surface area contributed by atoms with Crippen molar-refractivity contribution in [2.24, 2.45) is 5.92 Å². The monoisotopic (exact) mass is 291 g/mol. The van der Waals surface area contributed by atoms with Crippen LogP contribution in [0.4, 0.5) is 0 Å². The summed E-state index contributed by atoms with van der Waals surface area (Å²) in [7, 11) is 0. The van der Waals surface area contributed by atoms with Crippen molar-refractivity contribution in [1.82, 2.24) is 4.98 Å². The number of carboxylic acid groups (broad SMARTS) is 1. The number of carboxylic acids is 1. The van der Waals surface area contributed by atoms with E-state index in [1.54, 1.807) is 0 Å². The fourth-order valence-electron chi connectivity index (χ4n) is 2.54. The van der Waals surface area contributed by atoms with Crippen molar-refractivity contribution in [1.29, 1.82) is 0 Å². The van der Waals surface area contributed by atoms with Crippen LogP contribution < -0.4 is 0 Å². The molecule has 0 radical (unpaired) electrons. The highest BCUT2D eigenvalue weighted by Gasteiger charge is 2.28. The third-order valence-corrected chi connectivity index (χ3v) is 3.81. The molecule has 0 aliphatic heterocycles. The molecule has 0 amide bonds. The summed E-state index contributed by atoms with van der Waals surface area (Å²) in [4.78, 5) is 15.5. The summed E-state index contributed by atoms with van der Waals surface area (Å²) in [5.74, 6) is 0.238. The number of rotatable bonds is 3. The zero-order chi connectivity index (χ0) is 14.1. The average molecular weight is 292 g/mol. The lowest BCUT2D eigenvalue weighted by atomic mass is 9.91. The molecule has 0 saturated carbocycles. The fraction of sp³-hybridized carbons (Fsp3) is 0.333. The molecule has 0 fully saturated rings. The van der Waals surface area contributed by atoms with Gasteiger partial charge in [-0.2, -0.15) is 0 Å². The zero-order valence-electron chi connectivity index (χ0n) is 10.8. The van der Waals surface area contributed by atoms with Gasteiger partial charge in [-0.1, -0.05) is 23.7 Å². The standard InChI is InChI=1S/C15H14ClNO3/c16-11-3-1-2-9(6-11)7-14-17-12-5-4-10(15(18)19)8-13(12)20-14/h1-3,6,10H,4-5,7-8H2,(H,18,19). The Morgan fingerprint density at radius 1 is 1.50 bits per heavy atom. The first-order valence-corrected chi connectivity index (χ1v) is 6.94. The maximum atomic E-state index is 11.0. The Bertz CT molecular complexity index is 650. The Labute approximate surface area is 121 Å². The van der Waals surface area contributed by atoms with Crippen molar-refractivity contribution in [2.45, 2.75) is 25.7 Å². The first-order valence-electron chi connectivity index (χ1n) is 6.56. The number of nitrogens with zero attached hydrogens (tertiary/aromatic N) is 1. The van der Waals surface area contributed by atoms with Crippen LogP contribution >= 0.6 is 11.6 Å². The number of oxazole rings is 1. The zero-order valence-corrected chi connectivity index (χ0v) is 11.6. The highest BCUT2D eigenvalue weighted by Crippen LogP contribution is 2.27. The second kappa shape index (κ2) is 5.29. The number of aliphatic carboxylic acids is 1. The molecule has 104 valence electrons. The molecule has 3 rings (SSSR count). The van der Waals surface area contributed by atoms with Gasteiger partial charge in [0, 0.05) is 17.9 Å². The summed E-state index contributed by atoms with van der Waals surface area (Å²) in [6.45, 7) is 0. The summed E-state index contributed by atoms with van der Waals surface area (Å²) in [6, 6.07) is 7.56. The number of benzene rings is 1. The van der Waals surface area contributed by atoms with E-state index in [-0.39, 0.29) is 5.92 Å². The van der Waals surface area contributed by atoms with Crippen molar-refractivity contribution in [3.63, 3.8) is 0 Å². The van der Waals surface area contributed by atoms with Crippen LogP contribution in [-0.4, -0.2) is 16.1 Å². The molecule has 1 heterocycles. The van der Waals surface area contributed by atoms with E-state index in [0.717, 1.165) is 17.0 Å². The summed E-state index contributed by atoms with van der Waals surface area (Å²) in [5.41, 5.74) is 1.94. The molecule has 1 N–H and O–H groups in total. The van der Waals surface area contributed by atoms with E-state index in [9.17, 15) is 4.79 Å². The van der Waals surface area contributed by atoms with Gasteiger partial charge in [0.1, 0.15) is 5.76 Å². The number of hydrogen-bond donors (Lipinski definition) is 1. The van der Waals surface area contributed by atoms with Crippen LogP contribution in [0, 0.1) is 5.92 Å². The van der Waals surface area contributed by atoms with E-state index in [0.29, 0.717) is 36.6 Å². The minimum atomic E-state index is -0.761. The van der Waals surface area contributed by atoms with Crippen molar-refractivity contribution < 1.29 is 14.3 Å². The Kier molecular flexibility index (Phi) is 3.49. The number of halogens is 1. The second-order valence-corrected chi connectivity index (χ2v) is 5.50. The fourth-order valence-corrected chi connectivity index (χ4v) is 2.75. The molecule has 1 aromatic heterocycles. The molecule has 0 spiro atoms. The first-order chi connectivity index (χ1) is 9.61. The molecule has 0 bridgehead atoms. The molecule has 1 aliphatic carbocycles. The Balaban J connectivity index is 1.79. The molecule has 5 heteroatoms. The summed E-state index contributed by atoms with van der Waals surface area (Å²) < 4.78 is 5.71. The number of aromatic nitrogens is 1. The second-order valence-electron chi connectivity index (χ2n) is 5.06. The van der Waals surface area contributed by atoms with Gasteiger partial charge in [-0.05, 0) is 30.5 Å². The predicted molar refractivity (Wildman–Crippen MR) is 73.9 cm³/mol. The summed E-state index contributed by atoms with van der Waals surface area (Å²) in [5, 5.41) is 9.74. The first kappa shape index (κ1) is 13.2. The molecule has 2 aromatic rings. The highest BCUT2D eigenvalue weighted by molar-refractivity contribution is 6.30. The van der Waals surface area contributed by atoms with E-state index in [1.807, 2.05) is 24.3 Å². The van der Waals surface area contributed by atoms with Crippen molar-refractivity contribution in [2.75, 3.05) is 0 Å². The van der Waals surface area contributed by atoms with E-state index < -0.39 is 5.97 Å². The molecular formula is C15H14ClNO3. The van der Waals surface area contributed by atoms with Crippen LogP contribution in [0.1, 0.15) is 29.3 Å². The number of carbonyl (C=O) groups is 1. The van der Waals surface area contributed by atoms with Crippen LogP contribution in [0.25, 0.3) is 0 Å². The van der Waals surface area contributed by atoms with Crippen LogP contribution in [0.5, 0.6) is 0 Å². The quantitative estimate of drug-likeness (QED) is 0.944. The normalized spacial score (nSPS) is 17.8. The van der Waals surface area contributed by atoms with Gasteiger partial charge in [0.05, 0.1) is 11.6 Å². The van der Waals surface area contributed by atoms with Gasteiger partial charge in [0.15, 0.2) is 5.89 Å². The number of hydrogen-bond acceptors (Lipinski definition) is 3. The molecule has 1 aromatic carbocycles. The van der Waals surface area contributed by atoms with Crippen LogP contribution in [0.2, 0.25) is 5.02 Å². The van der Waals surface area contributed by atoms with E-state index >= 15 is 0 Å². The highest BCUT2D eigenvalue weighted by atomic mass is 35.5. The van der Waals surface area contributed by atoms with Crippen molar-refractivity contribution in [3.8, 4) is 0 Å². The van der Waals surface area contributed by atoms with E-state index in [4.69, 9.17) is 21.1 Å². The van der Waals surface area contributed by atoms with Crippen molar-refractivity contribution in [3.05, 3.63) is 52.2 Å². The van der Waals surface area contributed by atoms with Crippen molar-refractivity contribution >= 4 is 17.6 Å².